The van der Waals surface area contributed by atoms with Crippen molar-refractivity contribution in [2.75, 3.05) is 13.1 Å². The van der Waals surface area contributed by atoms with Crippen molar-refractivity contribution in [2.24, 2.45) is 7.05 Å². The predicted molar refractivity (Wildman–Crippen MR) is 109 cm³/mol. The van der Waals surface area contributed by atoms with Crippen molar-refractivity contribution < 1.29 is 12.8 Å². The predicted octanol–water partition coefficient (Wildman–Crippen LogP) is 3.53. The molecule has 0 spiro atoms. The van der Waals surface area contributed by atoms with Crippen LogP contribution in [0.5, 0.6) is 0 Å². The highest BCUT2D eigenvalue weighted by atomic mass is 35.5. The Kier molecular flexibility index (Phi) is 5.50. The Hall–Kier alpha value is -2.16. The Morgan fingerprint density at radius 3 is 2.90 bits per heavy atom. The molecule has 7 nitrogen and oxygen atoms in total. The molecule has 1 aliphatic rings. The van der Waals surface area contributed by atoms with E-state index in [9.17, 15) is 8.42 Å². The Bertz CT molecular complexity index is 1120. The summed E-state index contributed by atoms with van der Waals surface area (Å²) in [6, 6.07) is 7.62. The van der Waals surface area contributed by atoms with E-state index in [-0.39, 0.29) is 10.8 Å². The van der Waals surface area contributed by atoms with Crippen molar-refractivity contribution in [1.29, 1.82) is 0 Å². The summed E-state index contributed by atoms with van der Waals surface area (Å²) in [5, 5.41) is 4.85. The summed E-state index contributed by atoms with van der Waals surface area (Å²) in [5.74, 6) is 1.26. The van der Waals surface area contributed by atoms with Gasteiger partial charge < -0.3 is 4.42 Å². The molecule has 1 saturated heterocycles. The minimum absolute atomic E-state index is 0.0661. The van der Waals surface area contributed by atoms with E-state index in [0.717, 1.165) is 24.2 Å². The summed E-state index contributed by atoms with van der Waals surface area (Å²) in [4.78, 5) is 4.69. The van der Waals surface area contributed by atoms with Gasteiger partial charge in [0.1, 0.15) is 10.7 Å². The Labute approximate surface area is 175 Å². The van der Waals surface area contributed by atoms with Crippen molar-refractivity contribution in [3.05, 3.63) is 64.6 Å². The second kappa shape index (κ2) is 7.93. The Morgan fingerprint density at radius 2 is 2.17 bits per heavy atom. The fourth-order valence-corrected chi connectivity index (χ4v) is 5.71. The first-order chi connectivity index (χ1) is 13.8. The van der Waals surface area contributed by atoms with Crippen molar-refractivity contribution in [3.8, 4) is 0 Å². The normalized spacial score (nSPS) is 18.2. The summed E-state index contributed by atoms with van der Waals surface area (Å²) in [6.07, 6.45) is 5.47. The molecule has 9 heteroatoms. The van der Waals surface area contributed by atoms with Crippen molar-refractivity contribution in [1.82, 2.24) is 19.1 Å². The molecular weight excluding hydrogens is 412 g/mol. The van der Waals surface area contributed by atoms with Crippen LogP contribution >= 0.6 is 11.6 Å². The third-order valence-corrected chi connectivity index (χ3v) is 7.36. The molecular formula is C20H23ClN4O3S. The number of halogens is 1. The van der Waals surface area contributed by atoms with E-state index < -0.39 is 10.0 Å². The summed E-state index contributed by atoms with van der Waals surface area (Å²) >= 11 is 6.05. The molecule has 0 saturated carbocycles. The van der Waals surface area contributed by atoms with Gasteiger partial charge >= 0.3 is 0 Å². The number of hydrogen-bond donors (Lipinski definition) is 0. The van der Waals surface area contributed by atoms with Crippen LogP contribution in [0.4, 0.5) is 0 Å². The number of hydrogen-bond acceptors (Lipinski definition) is 5. The molecule has 2 aromatic heterocycles. The SMILES string of the molecule is Cc1nn(C)cc1S(=O)(=O)N1CCC[C@H](c2ncc(Cc3cccc(Cl)c3)o2)C1. The number of nitrogens with zero attached hydrogens (tertiary/aromatic N) is 4. The fourth-order valence-electron chi connectivity index (χ4n) is 3.77. The van der Waals surface area contributed by atoms with E-state index in [1.807, 2.05) is 24.3 Å². The molecule has 0 amide bonds. The maximum Gasteiger partial charge on any atom is 0.246 e. The molecule has 1 atom stereocenters. The maximum atomic E-state index is 13.1. The van der Waals surface area contributed by atoms with E-state index in [1.165, 1.54) is 8.99 Å². The third-order valence-electron chi connectivity index (χ3n) is 5.16. The highest BCUT2D eigenvalue weighted by molar-refractivity contribution is 7.89. The van der Waals surface area contributed by atoms with Gasteiger partial charge in [0.2, 0.25) is 10.0 Å². The molecule has 3 aromatic rings. The van der Waals surface area contributed by atoms with Gasteiger partial charge in [-0.3, -0.25) is 4.68 Å². The minimum Gasteiger partial charge on any atom is -0.445 e. The molecule has 1 aliphatic heterocycles. The smallest absolute Gasteiger partial charge is 0.246 e. The van der Waals surface area contributed by atoms with Gasteiger partial charge in [-0.2, -0.15) is 9.40 Å². The number of sulfonamides is 1. The number of piperidine rings is 1. The lowest BCUT2D eigenvalue weighted by atomic mass is 10.00. The molecule has 29 heavy (non-hydrogen) atoms. The first-order valence-corrected chi connectivity index (χ1v) is 11.3. The average Bonchev–Trinajstić information content (AvgIpc) is 3.28. The van der Waals surface area contributed by atoms with Crippen LogP contribution < -0.4 is 0 Å². The lowest BCUT2D eigenvalue weighted by molar-refractivity contribution is 0.281. The number of benzene rings is 1. The largest absolute Gasteiger partial charge is 0.445 e. The zero-order valence-electron chi connectivity index (χ0n) is 16.4. The van der Waals surface area contributed by atoms with Crippen LogP contribution in [0.25, 0.3) is 0 Å². The third kappa shape index (κ3) is 4.24. The molecule has 154 valence electrons. The highest BCUT2D eigenvalue weighted by Crippen LogP contribution is 2.31. The van der Waals surface area contributed by atoms with Crippen LogP contribution in [0.1, 0.15) is 41.7 Å². The van der Waals surface area contributed by atoms with Crippen molar-refractivity contribution in [3.63, 3.8) is 0 Å². The molecule has 4 rings (SSSR count). The summed E-state index contributed by atoms with van der Waals surface area (Å²) in [7, 11) is -1.87. The first kappa shape index (κ1) is 20.1. The van der Waals surface area contributed by atoms with Crippen LogP contribution in [0, 0.1) is 6.92 Å². The molecule has 0 N–H and O–H groups in total. The van der Waals surface area contributed by atoms with Gasteiger partial charge in [0.25, 0.3) is 0 Å². The molecule has 1 fully saturated rings. The van der Waals surface area contributed by atoms with Gasteiger partial charge in [0.15, 0.2) is 5.89 Å². The van der Waals surface area contributed by atoms with Gasteiger partial charge in [-0.25, -0.2) is 13.4 Å². The topological polar surface area (TPSA) is 81.2 Å². The standard InChI is InChI=1S/C20H23ClN4O3S/c1-14-19(13-24(2)23-14)29(26,27)25-8-4-6-16(12-25)20-22-11-18(28-20)10-15-5-3-7-17(21)9-15/h3,5,7,9,11,13,16H,4,6,8,10,12H2,1-2H3/t16-/m0/s1. The van der Waals surface area contributed by atoms with Gasteiger partial charge in [0.05, 0.1) is 11.9 Å². The van der Waals surface area contributed by atoms with Crippen molar-refractivity contribution >= 4 is 21.6 Å². The lowest BCUT2D eigenvalue weighted by Crippen LogP contribution is -2.39. The van der Waals surface area contributed by atoms with E-state index in [1.54, 1.807) is 26.4 Å². The molecule has 0 bridgehead atoms. The van der Waals surface area contributed by atoms with E-state index in [2.05, 4.69) is 10.1 Å². The monoisotopic (exact) mass is 434 g/mol. The van der Waals surface area contributed by atoms with Crippen LogP contribution in [-0.2, 0) is 23.5 Å². The summed E-state index contributed by atoms with van der Waals surface area (Å²) in [5.41, 5.74) is 1.55. The number of rotatable bonds is 5. The number of oxazole rings is 1. The average molecular weight is 435 g/mol. The molecule has 0 unspecified atom stereocenters. The maximum absolute atomic E-state index is 13.1. The zero-order chi connectivity index (χ0) is 20.6. The van der Waals surface area contributed by atoms with Crippen LogP contribution in [0.15, 0.2) is 46.0 Å². The van der Waals surface area contributed by atoms with Gasteiger partial charge in [0, 0.05) is 43.7 Å². The Morgan fingerprint density at radius 1 is 1.34 bits per heavy atom. The second-order valence-electron chi connectivity index (χ2n) is 7.43. The van der Waals surface area contributed by atoms with Gasteiger partial charge in [-0.05, 0) is 37.5 Å². The van der Waals surface area contributed by atoms with E-state index in [0.29, 0.717) is 36.1 Å². The molecule has 0 aliphatic carbocycles. The fraction of sp³-hybridized carbons (Fsp3) is 0.400. The summed E-state index contributed by atoms with van der Waals surface area (Å²) < 4.78 is 35.2. The van der Waals surface area contributed by atoms with Crippen LogP contribution in [0.3, 0.4) is 0 Å². The first-order valence-electron chi connectivity index (χ1n) is 9.52. The zero-order valence-corrected chi connectivity index (χ0v) is 17.9. The van der Waals surface area contributed by atoms with Crippen LogP contribution in [0.2, 0.25) is 5.02 Å². The number of aryl methyl sites for hydroxylation is 2. The summed E-state index contributed by atoms with van der Waals surface area (Å²) in [6.45, 7) is 2.56. The Balaban J connectivity index is 1.50. The number of aromatic nitrogens is 3. The van der Waals surface area contributed by atoms with Crippen molar-refractivity contribution in [2.45, 2.75) is 37.0 Å². The lowest BCUT2D eigenvalue weighted by Gasteiger charge is -2.30. The second-order valence-corrected chi connectivity index (χ2v) is 9.77. The quantitative estimate of drug-likeness (QED) is 0.613. The highest BCUT2D eigenvalue weighted by Gasteiger charge is 2.34. The molecule has 1 aromatic carbocycles. The van der Waals surface area contributed by atoms with E-state index >= 15 is 0 Å². The van der Waals surface area contributed by atoms with Gasteiger partial charge in [-0.15, -0.1) is 0 Å². The molecule has 3 heterocycles. The van der Waals surface area contributed by atoms with Gasteiger partial charge in [-0.1, -0.05) is 23.7 Å². The van der Waals surface area contributed by atoms with Crippen LogP contribution in [-0.4, -0.2) is 40.6 Å². The minimum atomic E-state index is -3.59. The van der Waals surface area contributed by atoms with E-state index in [4.69, 9.17) is 16.0 Å². The molecule has 0 radical (unpaired) electrons.